The molecule has 1 aromatic heterocycles. The number of ether oxygens (including phenoxy) is 1. The van der Waals surface area contributed by atoms with Crippen LogP contribution in [-0.4, -0.2) is 22.0 Å². The van der Waals surface area contributed by atoms with Crippen LogP contribution in [0.15, 0.2) is 42.5 Å². The summed E-state index contributed by atoms with van der Waals surface area (Å²) in [5, 5.41) is 15.2. The van der Waals surface area contributed by atoms with Crippen LogP contribution in [0.5, 0.6) is 11.5 Å². The van der Waals surface area contributed by atoms with Gasteiger partial charge in [-0.3, -0.25) is 0 Å². The number of nitrogens with zero attached hydrogens (tertiary/aromatic N) is 2. The number of methoxy groups -OCH3 is 1. The normalized spacial score (nSPS) is 10.8. The first-order valence-corrected chi connectivity index (χ1v) is 6.02. The number of hydrogen-bond donors (Lipinski definition) is 1. The predicted molar refractivity (Wildman–Crippen MR) is 74.0 cm³/mol. The minimum absolute atomic E-state index is 0.259. The molecule has 3 aromatic rings. The largest absolute Gasteiger partial charge is 0.507 e. The van der Waals surface area contributed by atoms with Crippen molar-refractivity contribution >= 4 is 10.9 Å². The van der Waals surface area contributed by atoms with Crippen LogP contribution in [0.3, 0.4) is 0 Å². The van der Waals surface area contributed by atoms with E-state index in [0.717, 1.165) is 28.0 Å². The van der Waals surface area contributed by atoms with Crippen LogP contribution in [0.1, 0.15) is 5.69 Å². The van der Waals surface area contributed by atoms with Gasteiger partial charge in [-0.15, -0.1) is 0 Å². The first-order valence-electron chi connectivity index (χ1n) is 6.02. The lowest BCUT2D eigenvalue weighted by Crippen LogP contribution is -1.96. The Morgan fingerprint density at radius 1 is 1.11 bits per heavy atom. The van der Waals surface area contributed by atoms with Gasteiger partial charge in [-0.05, 0) is 43.3 Å². The summed E-state index contributed by atoms with van der Waals surface area (Å²) < 4.78 is 6.97. The zero-order chi connectivity index (χ0) is 13.4. The van der Waals surface area contributed by atoms with Crippen molar-refractivity contribution in [1.29, 1.82) is 0 Å². The Labute approximate surface area is 110 Å². The van der Waals surface area contributed by atoms with Gasteiger partial charge in [0, 0.05) is 0 Å². The highest BCUT2D eigenvalue weighted by Gasteiger charge is 2.11. The molecule has 0 aliphatic rings. The van der Waals surface area contributed by atoms with Gasteiger partial charge in [-0.25, -0.2) is 4.68 Å². The molecule has 4 nitrogen and oxygen atoms in total. The fraction of sp³-hybridized carbons (Fsp3) is 0.133. The summed E-state index contributed by atoms with van der Waals surface area (Å²) in [6, 6.07) is 13.1. The van der Waals surface area contributed by atoms with E-state index in [-0.39, 0.29) is 5.75 Å². The minimum atomic E-state index is 0.259. The molecular weight excluding hydrogens is 240 g/mol. The maximum Gasteiger partial charge on any atom is 0.126 e. The molecule has 0 aliphatic heterocycles. The van der Waals surface area contributed by atoms with Crippen LogP contribution in [0.4, 0.5) is 0 Å². The minimum Gasteiger partial charge on any atom is -0.507 e. The molecule has 0 radical (unpaired) electrons. The zero-order valence-corrected chi connectivity index (χ0v) is 10.8. The zero-order valence-electron chi connectivity index (χ0n) is 10.8. The van der Waals surface area contributed by atoms with E-state index in [2.05, 4.69) is 5.10 Å². The molecule has 0 amide bonds. The molecule has 1 N–H and O–H groups in total. The second kappa shape index (κ2) is 4.31. The highest BCUT2D eigenvalue weighted by molar-refractivity contribution is 5.88. The summed E-state index contributed by atoms with van der Waals surface area (Å²) in [7, 11) is 1.64. The Kier molecular flexibility index (Phi) is 2.63. The number of rotatable bonds is 2. The second-order valence-corrected chi connectivity index (χ2v) is 4.37. The SMILES string of the molecule is COc1ccc(-n2nc(C)c3c(O)cccc32)cc1. The van der Waals surface area contributed by atoms with E-state index in [0.29, 0.717) is 0 Å². The van der Waals surface area contributed by atoms with Crippen molar-refractivity contribution in [1.82, 2.24) is 9.78 Å². The summed E-state index contributed by atoms with van der Waals surface area (Å²) in [6.45, 7) is 1.89. The second-order valence-electron chi connectivity index (χ2n) is 4.37. The quantitative estimate of drug-likeness (QED) is 0.764. The van der Waals surface area contributed by atoms with E-state index < -0.39 is 0 Å². The number of hydrogen-bond acceptors (Lipinski definition) is 3. The van der Waals surface area contributed by atoms with Crippen molar-refractivity contribution in [3.63, 3.8) is 0 Å². The first kappa shape index (κ1) is 11.6. The average Bonchev–Trinajstić information content (AvgIpc) is 2.78. The highest BCUT2D eigenvalue weighted by Crippen LogP contribution is 2.29. The third-order valence-electron chi connectivity index (χ3n) is 3.18. The number of fused-ring (bicyclic) bond motifs is 1. The van der Waals surface area contributed by atoms with Gasteiger partial charge in [-0.2, -0.15) is 5.10 Å². The standard InChI is InChI=1S/C15H14N2O2/c1-10-15-13(4-3-5-14(15)18)17(16-10)11-6-8-12(19-2)9-7-11/h3-9,18H,1-2H3. The molecular formula is C15H14N2O2. The van der Waals surface area contributed by atoms with Crippen LogP contribution in [-0.2, 0) is 0 Å². The van der Waals surface area contributed by atoms with Crippen molar-refractivity contribution in [2.24, 2.45) is 0 Å². The molecule has 0 saturated carbocycles. The highest BCUT2D eigenvalue weighted by atomic mass is 16.5. The molecule has 3 rings (SSSR count). The van der Waals surface area contributed by atoms with E-state index in [4.69, 9.17) is 4.74 Å². The molecule has 0 bridgehead atoms. The van der Waals surface area contributed by atoms with E-state index in [1.54, 1.807) is 13.2 Å². The Balaban J connectivity index is 2.22. The first-order chi connectivity index (χ1) is 9.20. The summed E-state index contributed by atoms with van der Waals surface area (Å²) in [5.41, 5.74) is 2.64. The van der Waals surface area contributed by atoms with Crippen molar-refractivity contribution < 1.29 is 9.84 Å². The molecule has 0 atom stereocenters. The molecule has 4 heteroatoms. The molecule has 1 heterocycles. The number of benzene rings is 2. The van der Waals surface area contributed by atoms with E-state index >= 15 is 0 Å². The third kappa shape index (κ3) is 1.81. The number of phenolic OH excluding ortho intramolecular Hbond substituents is 1. The third-order valence-corrected chi connectivity index (χ3v) is 3.18. The lowest BCUT2D eigenvalue weighted by atomic mass is 10.2. The fourth-order valence-electron chi connectivity index (χ4n) is 2.25. The van der Waals surface area contributed by atoms with Gasteiger partial charge in [0.15, 0.2) is 0 Å². The van der Waals surface area contributed by atoms with Crippen LogP contribution < -0.4 is 4.74 Å². The Hall–Kier alpha value is -2.49. The number of aryl methyl sites for hydroxylation is 1. The molecule has 2 aromatic carbocycles. The predicted octanol–water partition coefficient (Wildman–Crippen LogP) is 3.05. The van der Waals surface area contributed by atoms with Crippen LogP contribution >= 0.6 is 0 Å². The number of aromatic nitrogens is 2. The monoisotopic (exact) mass is 254 g/mol. The maximum absolute atomic E-state index is 9.92. The van der Waals surface area contributed by atoms with E-state index in [1.165, 1.54) is 0 Å². The molecule has 0 spiro atoms. The summed E-state index contributed by atoms with van der Waals surface area (Å²) in [5.74, 6) is 1.06. The lowest BCUT2D eigenvalue weighted by Gasteiger charge is -2.05. The van der Waals surface area contributed by atoms with Crippen molar-refractivity contribution in [2.45, 2.75) is 6.92 Å². The maximum atomic E-state index is 9.92. The van der Waals surface area contributed by atoms with Crippen LogP contribution in [0, 0.1) is 6.92 Å². The lowest BCUT2D eigenvalue weighted by molar-refractivity contribution is 0.414. The van der Waals surface area contributed by atoms with Gasteiger partial charge in [0.25, 0.3) is 0 Å². The topological polar surface area (TPSA) is 47.3 Å². The van der Waals surface area contributed by atoms with Gasteiger partial charge in [0.05, 0.1) is 29.4 Å². The Bertz CT molecular complexity index is 730. The van der Waals surface area contributed by atoms with Crippen LogP contribution in [0.25, 0.3) is 16.6 Å². The van der Waals surface area contributed by atoms with E-state index in [1.807, 2.05) is 48.0 Å². The van der Waals surface area contributed by atoms with Crippen molar-refractivity contribution in [3.8, 4) is 17.2 Å². The smallest absolute Gasteiger partial charge is 0.126 e. The molecule has 0 fully saturated rings. The number of phenols is 1. The van der Waals surface area contributed by atoms with Gasteiger partial charge in [-0.1, -0.05) is 6.07 Å². The van der Waals surface area contributed by atoms with Crippen molar-refractivity contribution in [2.75, 3.05) is 7.11 Å². The summed E-state index contributed by atoms with van der Waals surface area (Å²) in [6.07, 6.45) is 0. The Morgan fingerprint density at radius 3 is 2.53 bits per heavy atom. The van der Waals surface area contributed by atoms with Gasteiger partial charge < -0.3 is 9.84 Å². The fourth-order valence-corrected chi connectivity index (χ4v) is 2.25. The molecule has 19 heavy (non-hydrogen) atoms. The number of aromatic hydroxyl groups is 1. The Morgan fingerprint density at radius 2 is 1.84 bits per heavy atom. The molecule has 0 unspecified atom stereocenters. The molecule has 0 saturated heterocycles. The summed E-state index contributed by atoms with van der Waals surface area (Å²) >= 11 is 0. The van der Waals surface area contributed by atoms with Crippen molar-refractivity contribution in [3.05, 3.63) is 48.2 Å². The van der Waals surface area contributed by atoms with Gasteiger partial charge in [0.1, 0.15) is 11.5 Å². The molecule has 0 aliphatic carbocycles. The summed E-state index contributed by atoms with van der Waals surface area (Å²) in [4.78, 5) is 0. The molecule has 96 valence electrons. The van der Waals surface area contributed by atoms with Crippen LogP contribution in [0.2, 0.25) is 0 Å². The van der Waals surface area contributed by atoms with E-state index in [9.17, 15) is 5.11 Å². The van der Waals surface area contributed by atoms with Gasteiger partial charge in [0.2, 0.25) is 0 Å². The average molecular weight is 254 g/mol. The van der Waals surface area contributed by atoms with Gasteiger partial charge >= 0.3 is 0 Å².